The maximum Gasteiger partial charge on any atom is 0.293 e. The van der Waals surface area contributed by atoms with Crippen LogP contribution in [-0.2, 0) is 24.3 Å². The van der Waals surface area contributed by atoms with E-state index in [0.29, 0.717) is 25.5 Å². The van der Waals surface area contributed by atoms with Gasteiger partial charge in [0.05, 0.1) is 17.0 Å². The lowest BCUT2D eigenvalue weighted by atomic mass is 9.97. The summed E-state index contributed by atoms with van der Waals surface area (Å²) in [5.74, 6) is 0.348. The summed E-state index contributed by atoms with van der Waals surface area (Å²) in [5.41, 5.74) is 3.96. The Bertz CT molecular complexity index is 1120. The van der Waals surface area contributed by atoms with Crippen molar-refractivity contribution in [3.8, 4) is 0 Å². The molecule has 1 fully saturated rings. The average Bonchev–Trinajstić information content (AvgIpc) is 2.82. The Balaban J connectivity index is 1.48. The third kappa shape index (κ3) is 4.48. The lowest BCUT2D eigenvalue weighted by Gasteiger charge is -2.32. The number of piperidine rings is 1. The number of aryl methyl sites for hydroxylation is 2. The lowest BCUT2D eigenvalue weighted by Crippen LogP contribution is -2.45. The van der Waals surface area contributed by atoms with Crippen molar-refractivity contribution in [1.29, 1.82) is 0 Å². The van der Waals surface area contributed by atoms with E-state index in [1.807, 2.05) is 36.1 Å². The second-order valence-electron chi connectivity index (χ2n) is 8.15. The number of carbonyl (C=O) groups excluding carboxylic acids is 1. The Morgan fingerprint density at radius 2 is 1.84 bits per heavy atom. The van der Waals surface area contributed by atoms with Crippen molar-refractivity contribution >= 4 is 22.8 Å². The summed E-state index contributed by atoms with van der Waals surface area (Å²) in [5, 5.41) is 3.08. The standard InChI is InChI=1S/C25H30N4O2/c1-3-18-11-13-19(14-12-18)16-26-24(30)20-8-7-15-28(17-20)23-25(31)29(4-2)22-10-6-5-9-21(22)27-23/h5-6,9-14,20H,3-4,7-8,15-17H2,1-2H3,(H,26,30). The Hall–Kier alpha value is -3.15. The first-order valence-corrected chi connectivity index (χ1v) is 11.2. The number of aromatic nitrogens is 2. The summed E-state index contributed by atoms with van der Waals surface area (Å²) < 4.78 is 1.77. The zero-order valence-electron chi connectivity index (χ0n) is 18.3. The van der Waals surface area contributed by atoms with Gasteiger partial charge in [-0.05, 0) is 49.4 Å². The smallest absolute Gasteiger partial charge is 0.293 e. The van der Waals surface area contributed by atoms with Crippen molar-refractivity contribution in [2.24, 2.45) is 5.92 Å². The molecule has 0 radical (unpaired) electrons. The second kappa shape index (κ2) is 9.33. The van der Waals surface area contributed by atoms with Gasteiger partial charge < -0.3 is 14.8 Å². The van der Waals surface area contributed by atoms with Gasteiger partial charge in [0.15, 0.2) is 5.82 Å². The molecule has 1 aromatic heterocycles. The van der Waals surface area contributed by atoms with Crippen LogP contribution in [0.5, 0.6) is 0 Å². The highest BCUT2D eigenvalue weighted by atomic mass is 16.2. The minimum atomic E-state index is -0.147. The first-order valence-electron chi connectivity index (χ1n) is 11.2. The summed E-state index contributed by atoms with van der Waals surface area (Å²) in [4.78, 5) is 32.6. The third-order valence-corrected chi connectivity index (χ3v) is 6.14. The molecule has 6 heteroatoms. The van der Waals surface area contributed by atoms with Gasteiger partial charge >= 0.3 is 0 Å². The van der Waals surface area contributed by atoms with E-state index < -0.39 is 0 Å². The van der Waals surface area contributed by atoms with Crippen molar-refractivity contribution in [3.05, 3.63) is 70.0 Å². The Morgan fingerprint density at radius 3 is 2.58 bits per heavy atom. The molecule has 0 bridgehead atoms. The molecule has 0 spiro atoms. The van der Waals surface area contributed by atoms with Crippen molar-refractivity contribution in [3.63, 3.8) is 0 Å². The minimum absolute atomic E-state index is 0.0425. The largest absolute Gasteiger partial charge is 0.352 e. The quantitative estimate of drug-likeness (QED) is 0.665. The number of amides is 1. The molecule has 1 saturated heterocycles. The van der Waals surface area contributed by atoms with Gasteiger partial charge in [0.2, 0.25) is 5.91 Å². The number of carbonyl (C=O) groups is 1. The van der Waals surface area contributed by atoms with Crippen LogP contribution in [0, 0.1) is 5.92 Å². The molecule has 31 heavy (non-hydrogen) atoms. The van der Waals surface area contributed by atoms with Crippen LogP contribution in [0.4, 0.5) is 5.82 Å². The van der Waals surface area contributed by atoms with E-state index in [0.717, 1.165) is 42.4 Å². The number of hydrogen-bond acceptors (Lipinski definition) is 4. The zero-order chi connectivity index (χ0) is 21.8. The molecule has 0 aliphatic carbocycles. The molecule has 1 amide bonds. The first-order chi connectivity index (χ1) is 15.1. The van der Waals surface area contributed by atoms with Crippen LogP contribution in [0.3, 0.4) is 0 Å². The van der Waals surface area contributed by atoms with E-state index in [1.165, 1.54) is 5.56 Å². The van der Waals surface area contributed by atoms with E-state index in [9.17, 15) is 9.59 Å². The predicted molar refractivity (Wildman–Crippen MR) is 124 cm³/mol. The van der Waals surface area contributed by atoms with Gasteiger partial charge in [0, 0.05) is 26.2 Å². The van der Waals surface area contributed by atoms with Crippen LogP contribution in [0.25, 0.3) is 11.0 Å². The predicted octanol–water partition coefficient (Wildman–Crippen LogP) is 3.51. The summed E-state index contributed by atoms with van der Waals surface area (Å²) in [6.07, 6.45) is 2.70. The number of anilines is 1. The summed E-state index contributed by atoms with van der Waals surface area (Å²) in [7, 11) is 0. The Kier molecular flexibility index (Phi) is 6.35. The topological polar surface area (TPSA) is 67.2 Å². The summed E-state index contributed by atoms with van der Waals surface area (Å²) in [6, 6.07) is 16.1. The highest BCUT2D eigenvalue weighted by molar-refractivity contribution is 5.80. The minimum Gasteiger partial charge on any atom is -0.352 e. The summed E-state index contributed by atoms with van der Waals surface area (Å²) in [6.45, 7) is 6.47. The molecule has 162 valence electrons. The van der Waals surface area contributed by atoms with Crippen molar-refractivity contribution in [2.45, 2.75) is 46.2 Å². The Labute approximate surface area is 182 Å². The molecule has 1 N–H and O–H groups in total. The SMILES string of the molecule is CCc1ccc(CNC(=O)C2CCCN(c3nc4ccccc4n(CC)c3=O)C2)cc1. The molecule has 1 unspecified atom stereocenters. The number of nitrogens with zero attached hydrogens (tertiary/aromatic N) is 3. The van der Waals surface area contributed by atoms with Gasteiger partial charge in [0.1, 0.15) is 0 Å². The fraction of sp³-hybridized carbons (Fsp3) is 0.400. The van der Waals surface area contributed by atoms with Gasteiger partial charge in [-0.15, -0.1) is 0 Å². The van der Waals surface area contributed by atoms with Gasteiger partial charge in [-0.3, -0.25) is 9.59 Å². The van der Waals surface area contributed by atoms with Gasteiger partial charge in [-0.2, -0.15) is 0 Å². The molecule has 6 nitrogen and oxygen atoms in total. The molecule has 3 aromatic rings. The van der Waals surface area contributed by atoms with Crippen LogP contribution in [0.1, 0.15) is 37.8 Å². The van der Waals surface area contributed by atoms with E-state index in [-0.39, 0.29) is 17.4 Å². The molecule has 2 heterocycles. The zero-order valence-corrected chi connectivity index (χ0v) is 18.3. The first kappa shape index (κ1) is 21.1. The number of rotatable bonds is 6. The third-order valence-electron chi connectivity index (χ3n) is 6.14. The normalized spacial score (nSPS) is 16.5. The lowest BCUT2D eigenvalue weighted by molar-refractivity contribution is -0.125. The molecule has 0 saturated carbocycles. The van der Waals surface area contributed by atoms with Crippen molar-refractivity contribution < 1.29 is 4.79 Å². The number of para-hydroxylation sites is 2. The van der Waals surface area contributed by atoms with Crippen LogP contribution in [-0.4, -0.2) is 28.5 Å². The van der Waals surface area contributed by atoms with E-state index in [2.05, 4.69) is 41.5 Å². The molecular formula is C25H30N4O2. The monoisotopic (exact) mass is 418 g/mol. The number of benzene rings is 2. The highest BCUT2D eigenvalue weighted by Crippen LogP contribution is 2.22. The molecule has 2 aromatic carbocycles. The van der Waals surface area contributed by atoms with Crippen LogP contribution >= 0.6 is 0 Å². The molecular weight excluding hydrogens is 388 g/mol. The average molecular weight is 419 g/mol. The van der Waals surface area contributed by atoms with Crippen molar-refractivity contribution in [1.82, 2.24) is 14.9 Å². The van der Waals surface area contributed by atoms with Crippen LogP contribution < -0.4 is 15.8 Å². The fourth-order valence-corrected chi connectivity index (χ4v) is 4.31. The Morgan fingerprint density at radius 1 is 1.10 bits per heavy atom. The molecule has 1 atom stereocenters. The molecule has 1 aliphatic heterocycles. The number of nitrogens with one attached hydrogen (secondary N) is 1. The van der Waals surface area contributed by atoms with Crippen molar-refractivity contribution in [2.75, 3.05) is 18.0 Å². The van der Waals surface area contributed by atoms with Gasteiger partial charge in [-0.1, -0.05) is 43.3 Å². The van der Waals surface area contributed by atoms with Crippen LogP contribution in [0.2, 0.25) is 0 Å². The van der Waals surface area contributed by atoms with E-state index >= 15 is 0 Å². The van der Waals surface area contributed by atoms with E-state index in [4.69, 9.17) is 0 Å². The van der Waals surface area contributed by atoms with Crippen LogP contribution in [0.15, 0.2) is 53.3 Å². The highest BCUT2D eigenvalue weighted by Gasteiger charge is 2.28. The maximum absolute atomic E-state index is 13.1. The second-order valence-corrected chi connectivity index (χ2v) is 8.15. The van der Waals surface area contributed by atoms with E-state index in [1.54, 1.807) is 4.57 Å². The number of fused-ring (bicyclic) bond motifs is 1. The number of hydrogen-bond donors (Lipinski definition) is 1. The molecule has 1 aliphatic rings. The van der Waals surface area contributed by atoms with Gasteiger partial charge in [-0.25, -0.2) is 4.98 Å². The maximum atomic E-state index is 13.1. The van der Waals surface area contributed by atoms with Gasteiger partial charge in [0.25, 0.3) is 5.56 Å². The fourth-order valence-electron chi connectivity index (χ4n) is 4.31. The summed E-state index contributed by atoms with van der Waals surface area (Å²) >= 11 is 0. The molecule has 4 rings (SSSR count).